The van der Waals surface area contributed by atoms with Crippen molar-refractivity contribution in [2.45, 2.75) is 33.8 Å². The zero-order valence-corrected chi connectivity index (χ0v) is 9.35. The number of phenols is 1. The van der Waals surface area contributed by atoms with Crippen LogP contribution in [-0.4, -0.2) is 12.2 Å². The molecule has 0 saturated heterocycles. The van der Waals surface area contributed by atoms with Crippen LogP contribution in [0.25, 0.3) is 0 Å². The van der Waals surface area contributed by atoms with E-state index in [1.54, 1.807) is 7.11 Å². The minimum atomic E-state index is 0.392. The second-order valence-corrected chi connectivity index (χ2v) is 3.59. The van der Waals surface area contributed by atoms with Crippen molar-refractivity contribution in [1.29, 1.82) is 0 Å². The smallest absolute Gasteiger partial charge is 0.124 e. The lowest BCUT2D eigenvalue weighted by molar-refractivity contribution is 0.181. The van der Waals surface area contributed by atoms with Crippen molar-refractivity contribution >= 4 is 0 Å². The standard InChI is InChI=1S/C12H18O2/c1-5-10-6-8(2)11(7-14-4)12(13)9(10)3/h6,13H,5,7H2,1-4H3. The summed E-state index contributed by atoms with van der Waals surface area (Å²) in [4.78, 5) is 0. The highest BCUT2D eigenvalue weighted by Crippen LogP contribution is 2.29. The van der Waals surface area contributed by atoms with Gasteiger partial charge in [-0.05, 0) is 37.0 Å². The molecule has 0 atom stereocenters. The molecular formula is C12H18O2. The summed E-state index contributed by atoms with van der Waals surface area (Å²) in [6.45, 7) is 6.53. The Morgan fingerprint density at radius 1 is 1.36 bits per heavy atom. The SMILES string of the molecule is CCc1cc(C)c(COC)c(O)c1C. The van der Waals surface area contributed by atoms with Crippen molar-refractivity contribution < 1.29 is 9.84 Å². The zero-order chi connectivity index (χ0) is 10.7. The van der Waals surface area contributed by atoms with E-state index in [2.05, 4.69) is 13.0 Å². The van der Waals surface area contributed by atoms with Crippen molar-refractivity contribution in [1.82, 2.24) is 0 Å². The highest BCUT2D eigenvalue weighted by Gasteiger charge is 2.10. The lowest BCUT2D eigenvalue weighted by atomic mass is 9.97. The van der Waals surface area contributed by atoms with Gasteiger partial charge in [0.1, 0.15) is 5.75 Å². The van der Waals surface area contributed by atoms with Gasteiger partial charge in [-0.15, -0.1) is 0 Å². The second kappa shape index (κ2) is 4.47. The van der Waals surface area contributed by atoms with Gasteiger partial charge in [0.2, 0.25) is 0 Å². The first-order valence-corrected chi connectivity index (χ1v) is 4.91. The zero-order valence-electron chi connectivity index (χ0n) is 9.35. The number of methoxy groups -OCH3 is 1. The minimum Gasteiger partial charge on any atom is -0.507 e. The van der Waals surface area contributed by atoms with E-state index in [1.165, 1.54) is 5.56 Å². The van der Waals surface area contributed by atoms with Gasteiger partial charge in [-0.25, -0.2) is 0 Å². The molecule has 0 heterocycles. The fourth-order valence-corrected chi connectivity index (χ4v) is 1.72. The van der Waals surface area contributed by atoms with Crippen LogP contribution >= 0.6 is 0 Å². The fraction of sp³-hybridized carbons (Fsp3) is 0.500. The minimum absolute atomic E-state index is 0.392. The highest BCUT2D eigenvalue weighted by atomic mass is 16.5. The topological polar surface area (TPSA) is 29.5 Å². The van der Waals surface area contributed by atoms with Crippen LogP contribution in [0.2, 0.25) is 0 Å². The molecule has 14 heavy (non-hydrogen) atoms. The van der Waals surface area contributed by atoms with Gasteiger partial charge < -0.3 is 9.84 Å². The Morgan fingerprint density at radius 2 is 2.00 bits per heavy atom. The Labute approximate surface area is 85.5 Å². The molecule has 0 aliphatic heterocycles. The van der Waals surface area contributed by atoms with Gasteiger partial charge >= 0.3 is 0 Å². The predicted octanol–water partition coefficient (Wildman–Crippen LogP) is 2.72. The molecule has 0 saturated carbocycles. The van der Waals surface area contributed by atoms with Crippen LogP contribution in [0.15, 0.2) is 6.07 Å². The van der Waals surface area contributed by atoms with Crippen LogP contribution < -0.4 is 0 Å². The van der Waals surface area contributed by atoms with Crippen LogP contribution in [0.5, 0.6) is 5.75 Å². The molecule has 0 aliphatic carbocycles. The molecule has 1 aromatic rings. The average Bonchev–Trinajstić information content (AvgIpc) is 2.18. The van der Waals surface area contributed by atoms with Gasteiger partial charge in [0.25, 0.3) is 0 Å². The summed E-state index contributed by atoms with van der Waals surface area (Å²) in [6, 6.07) is 2.13. The largest absolute Gasteiger partial charge is 0.507 e. The van der Waals surface area contributed by atoms with Crippen LogP contribution in [-0.2, 0) is 17.8 Å². The van der Waals surface area contributed by atoms with E-state index in [0.29, 0.717) is 12.4 Å². The number of benzene rings is 1. The average molecular weight is 194 g/mol. The molecule has 0 aliphatic rings. The van der Waals surface area contributed by atoms with Gasteiger partial charge in [-0.3, -0.25) is 0 Å². The summed E-state index contributed by atoms with van der Waals surface area (Å²) >= 11 is 0. The first-order valence-electron chi connectivity index (χ1n) is 4.91. The molecule has 0 spiro atoms. The summed E-state index contributed by atoms with van der Waals surface area (Å²) in [5.41, 5.74) is 4.19. The fourth-order valence-electron chi connectivity index (χ4n) is 1.72. The summed E-state index contributed by atoms with van der Waals surface area (Å²) in [7, 11) is 1.64. The van der Waals surface area contributed by atoms with E-state index >= 15 is 0 Å². The number of rotatable bonds is 3. The molecule has 1 N–H and O–H groups in total. The third-order valence-electron chi connectivity index (χ3n) is 2.66. The monoisotopic (exact) mass is 194 g/mol. The van der Waals surface area contributed by atoms with Crippen LogP contribution in [0, 0.1) is 13.8 Å². The van der Waals surface area contributed by atoms with Crippen LogP contribution in [0.1, 0.15) is 29.2 Å². The number of ether oxygens (including phenoxy) is 1. The molecule has 0 fully saturated rings. The highest BCUT2D eigenvalue weighted by molar-refractivity contribution is 5.48. The Kier molecular flexibility index (Phi) is 3.53. The molecule has 0 bridgehead atoms. The van der Waals surface area contributed by atoms with E-state index < -0.39 is 0 Å². The van der Waals surface area contributed by atoms with E-state index in [0.717, 1.165) is 23.1 Å². The summed E-state index contributed by atoms with van der Waals surface area (Å²) in [5.74, 6) is 0.392. The van der Waals surface area contributed by atoms with Crippen molar-refractivity contribution in [3.63, 3.8) is 0 Å². The molecule has 78 valence electrons. The summed E-state index contributed by atoms with van der Waals surface area (Å²) < 4.78 is 5.06. The van der Waals surface area contributed by atoms with Crippen molar-refractivity contribution in [3.8, 4) is 5.75 Å². The molecular weight excluding hydrogens is 176 g/mol. The number of aromatic hydroxyl groups is 1. The third-order valence-corrected chi connectivity index (χ3v) is 2.66. The number of hydrogen-bond acceptors (Lipinski definition) is 2. The molecule has 1 rings (SSSR count). The van der Waals surface area contributed by atoms with Crippen molar-refractivity contribution in [2.75, 3.05) is 7.11 Å². The molecule has 0 radical (unpaired) electrons. The molecule has 1 aromatic carbocycles. The van der Waals surface area contributed by atoms with Gasteiger partial charge in [-0.1, -0.05) is 13.0 Å². The quantitative estimate of drug-likeness (QED) is 0.801. The van der Waals surface area contributed by atoms with E-state index in [9.17, 15) is 5.11 Å². The summed E-state index contributed by atoms with van der Waals surface area (Å²) in [5, 5.41) is 9.94. The number of hydrogen-bond donors (Lipinski definition) is 1. The molecule has 2 heteroatoms. The summed E-state index contributed by atoms with van der Waals surface area (Å²) in [6.07, 6.45) is 0.952. The normalized spacial score (nSPS) is 10.6. The lowest BCUT2D eigenvalue weighted by Crippen LogP contribution is -1.98. The molecule has 0 aromatic heterocycles. The maximum absolute atomic E-state index is 9.94. The van der Waals surface area contributed by atoms with Gasteiger partial charge in [0, 0.05) is 12.7 Å². The second-order valence-electron chi connectivity index (χ2n) is 3.59. The maximum atomic E-state index is 9.94. The van der Waals surface area contributed by atoms with E-state index in [4.69, 9.17) is 4.74 Å². The first kappa shape index (κ1) is 11.1. The van der Waals surface area contributed by atoms with Gasteiger partial charge in [0.05, 0.1) is 6.61 Å². The molecule has 0 amide bonds. The Hall–Kier alpha value is -1.02. The van der Waals surface area contributed by atoms with Crippen molar-refractivity contribution in [3.05, 3.63) is 28.3 Å². The van der Waals surface area contributed by atoms with Crippen LogP contribution in [0.3, 0.4) is 0 Å². The Morgan fingerprint density at radius 3 is 2.50 bits per heavy atom. The van der Waals surface area contributed by atoms with E-state index in [-0.39, 0.29) is 0 Å². The van der Waals surface area contributed by atoms with Gasteiger partial charge in [-0.2, -0.15) is 0 Å². The molecule has 0 unspecified atom stereocenters. The van der Waals surface area contributed by atoms with Crippen molar-refractivity contribution in [2.24, 2.45) is 0 Å². The molecule has 2 nitrogen and oxygen atoms in total. The Bertz CT molecular complexity index is 330. The lowest BCUT2D eigenvalue weighted by Gasteiger charge is -2.13. The maximum Gasteiger partial charge on any atom is 0.124 e. The predicted molar refractivity (Wildman–Crippen MR) is 57.7 cm³/mol. The van der Waals surface area contributed by atoms with Gasteiger partial charge in [0.15, 0.2) is 0 Å². The number of phenolic OH excluding ortho intramolecular Hbond substituents is 1. The Balaban J connectivity index is 3.26. The number of aryl methyl sites for hydroxylation is 2. The third kappa shape index (κ3) is 1.90. The van der Waals surface area contributed by atoms with Crippen LogP contribution in [0.4, 0.5) is 0 Å². The van der Waals surface area contributed by atoms with E-state index in [1.807, 2.05) is 13.8 Å². The first-order chi connectivity index (χ1) is 6.61.